The summed E-state index contributed by atoms with van der Waals surface area (Å²) in [6.07, 6.45) is 0.124. The van der Waals surface area contributed by atoms with Crippen LogP contribution in [0.2, 0.25) is 0 Å². The minimum absolute atomic E-state index is 0.112. The lowest BCUT2D eigenvalue weighted by Crippen LogP contribution is -2.45. The van der Waals surface area contributed by atoms with Gasteiger partial charge in [-0.3, -0.25) is 0 Å². The van der Waals surface area contributed by atoms with Gasteiger partial charge in [0.1, 0.15) is 0 Å². The Bertz CT molecular complexity index is 304. The van der Waals surface area contributed by atoms with Crippen LogP contribution >= 0.6 is 0 Å². The van der Waals surface area contributed by atoms with Crippen molar-refractivity contribution in [1.29, 1.82) is 0 Å². The first-order valence-corrected chi connectivity index (χ1v) is 6.60. The van der Waals surface area contributed by atoms with E-state index in [0.29, 0.717) is 19.4 Å². The highest BCUT2D eigenvalue weighted by molar-refractivity contribution is 7.88. The van der Waals surface area contributed by atoms with E-state index >= 15 is 0 Å². The van der Waals surface area contributed by atoms with Crippen LogP contribution in [0.3, 0.4) is 0 Å². The molecule has 0 aromatic rings. The van der Waals surface area contributed by atoms with Gasteiger partial charge < -0.3 is 10.5 Å². The Balaban J connectivity index is 4.27. The maximum absolute atomic E-state index is 11.4. The smallest absolute Gasteiger partial charge is 0.421 e. The second kappa shape index (κ2) is 7.42. The molecule has 1 amide bonds. The SMILES string of the molecule is CCOC(=O)NS(=O)(=O)NC(CC)CCN. The zero-order valence-corrected chi connectivity index (χ0v) is 10.3. The maximum atomic E-state index is 11.4. The molecule has 0 radical (unpaired) electrons. The fourth-order valence-electron chi connectivity index (χ4n) is 1.07. The third kappa shape index (κ3) is 6.59. The third-order valence-corrected chi connectivity index (χ3v) is 2.90. The Morgan fingerprint density at radius 3 is 2.50 bits per heavy atom. The van der Waals surface area contributed by atoms with Gasteiger partial charge in [0.2, 0.25) is 0 Å². The topological polar surface area (TPSA) is 111 Å². The zero-order valence-electron chi connectivity index (χ0n) is 9.52. The molecule has 1 atom stereocenters. The van der Waals surface area contributed by atoms with Gasteiger partial charge in [-0.25, -0.2) is 9.52 Å². The number of ether oxygens (including phenoxy) is 1. The summed E-state index contributed by atoms with van der Waals surface area (Å²) in [6, 6.07) is -0.281. The lowest BCUT2D eigenvalue weighted by Gasteiger charge is -2.16. The first kappa shape index (κ1) is 15.1. The second-order valence-corrected chi connectivity index (χ2v) is 4.57. The summed E-state index contributed by atoms with van der Waals surface area (Å²) in [5.41, 5.74) is 5.33. The Hall–Kier alpha value is -0.860. The molecule has 1 unspecified atom stereocenters. The van der Waals surface area contributed by atoms with Gasteiger partial charge in [-0.2, -0.15) is 13.1 Å². The predicted octanol–water partition coefficient (Wildman–Crippen LogP) is -0.306. The van der Waals surface area contributed by atoms with E-state index in [-0.39, 0.29) is 12.6 Å². The Labute approximate surface area is 95.9 Å². The van der Waals surface area contributed by atoms with E-state index in [4.69, 9.17) is 5.73 Å². The van der Waals surface area contributed by atoms with Crippen LogP contribution in [0.5, 0.6) is 0 Å². The number of hydrogen-bond acceptors (Lipinski definition) is 5. The van der Waals surface area contributed by atoms with Crippen molar-refractivity contribution < 1.29 is 17.9 Å². The molecule has 0 aliphatic heterocycles. The molecule has 4 N–H and O–H groups in total. The van der Waals surface area contributed by atoms with Crippen LogP contribution in [-0.4, -0.2) is 33.7 Å². The Morgan fingerprint density at radius 2 is 2.06 bits per heavy atom. The van der Waals surface area contributed by atoms with Gasteiger partial charge in [0.05, 0.1) is 6.61 Å². The minimum Gasteiger partial charge on any atom is -0.449 e. The van der Waals surface area contributed by atoms with Crippen molar-refractivity contribution in [1.82, 2.24) is 9.44 Å². The lowest BCUT2D eigenvalue weighted by molar-refractivity contribution is 0.158. The number of rotatable bonds is 7. The molecule has 96 valence electrons. The molecule has 0 aromatic heterocycles. The fourth-order valence-corrected chi connectivity index (χ4v) is 2.13. The highest BCUT2D eigenvalue weighted by Gasteiger charge is 2.18. The molecule has 16 heavy (non-hydrogen) atoms. The molecule has 0 saturated carbocycles. The van der Waals surface area contributed by atoms with Crippen LogP contribution < -0.4 is 15.2 Å². The quantitative estimate of drug-likeness (QED) is 0.576. The van der Waals surface area contributed by atoms with Gasteiger partial charge in [0, 0.05) is 6.04 Å². The summed E-state index contributed by atoms with van der Waals surface area (Å²) in [7, 11) is -3.87. The molecule has 7 nitrogen and oxygen atoms in total. The number of amides is 1. The maximum Gasteiger partial charge on any atom is 0.421 e. The van der Waals surface area contributed by atoms with E-state index in [2.05, 4.69) is 9.46 Å². The molecule has 0 aliphatic carbocycles. The lowest BCUT2D eigenvalue weighted by atomic mass is 10.2. The molecule has 0 heterocycles. The van der Waals surface area contributed by atoms with Crippen molar-refractivity contribution in [3.05, 3.63) is 0 Å². The summed E-state index contributed by atoms with van der Waals surface area (Å²) in [5.74, 6) is 0. The molecular weight excluding hydrogens is 234 g/mol. The fraction of sp³-hybridized carbons (Fsp3) is 0.875. The van der Waals surface area contributed by atoms with E-state index in [9.17, 15) is 13.2 Å². The van der Waals surface area contributed by atoms with Crippen LogP contribution in [0.15, 0.2) is 0 Å². The highest BCUT2D eigenvalue weighted by atomic mass is 32.2. The zero-order chi connectivity index (χ0) is 12.6. The number of carbonyl (C=O) groups excluding carboxylic acids is 1. The molecule has 0 aliphatic rings. The van der Waals surface area contributed by atoms with E-state index in [1.165, 1.54) is 0 Å². The first-order chi connectivity index (χ1) is 7.45. The highest BCUT2D eigenvalue weighted by Crippen LogP contribution is 1.97. The molecule has 0 bridgehead atoms. The van der Waals surface area contributed by atoms with Crippen LogP contribution in [0, 0.1) is 0 Å². The van der Waals surface area contributed by atoms with Crippen molar-refractivity contribution in [2.45, 2.75) is 32.7 Å². The van der Waals surface area contributed by atoms with Crippen molar-refractivity contribution >= 4 is 16.3 Å². The second-order valence-electron chi connectivity index (χ2n) is 3.13. The molecule has 0 rings (SSSR count). The number of hydrogen-bond donors (Lipinski definition) is 3. The van der Waals surface area contributed by atoms with Crippen LogP contribution in [0.25, 0.3) is 0 Å². The summed E-state index contributed by atoms with van der Waals surface area (Å²) in [5, 5.41) is 0. The minimum atomic E-state index is -3.87. The van der Waals surface area contributed by atoms with Gasteiger partial charge in [-0.1, -0.05) is 6.92 Å². The molecule has 0 fully saturated rings. The summed E-state index contributed by atoms with van der Waals surface area (Å²) < 4.78 is 31.3. The average Bonchev–Trinajstić information content (AvgIpc) is 2.16. The first-order valence-electron chi connectivity index (χ1n) is 5.12. The van der Waals surface area contributed by atoms with Crippen molar-refractivity contribution in [3.8, 4) is 0 Å². The summed E-state index contributed by atoms with van der Waals surface area (Å²) in [6.45, 7) is 3.90. The van der Waals surface area contributed by atoms with Gasteiger partial charge in [0.25, 0.3) is 0 Å². The molecule has 0 aromatic carbocycles. The van der Waals surface area contributed by atoms with E-state index in [0.717, 1.165) is 0 Å². The van der Waals surface area contributed by atoms with Crippen LogP contribution in [0.1, 0.15) is 26.7 Å². The summed E-state index contributed by atoms with van der Waals surface area (Å²) >= 11 is 0. The van der Waals surface area contributed by atoms with E-state index in [1.54, 1.807) is 11.6 Å². The molecule has 0 saturated heterocycles. The van der Waals surface area contributed by atoms with Gasteiger partial charge in [-0.15, -0.1) is 0 Å². The third-order valence-electron chi connectivity index (χ3n) is 1.82. The van der Waals surface area contributed by atoms with Crippen LogP contribution in [0.4, 0.5) is 4.79 Å². The largest absolute Gasteiger partial charge is 0.449 e. The van der Waals surface area contributed by atoms with Crippen molar-refractivity contribution in [2.24, 2.45) is 5.73 Å². The monoisotopic (exact) mass is 253 g/mol. The average molecular weight is 253 g/mol. The molecular formula is C8H19N3O4S. The number of carbonyl (C=O) groups is 1. The van der Waals surface area contributed by atoms with E-state index < -0.39 is 16.3 Å². The van der Waals surface area contributed by atoms with Gasteiger partial charge >= 0.3 is 16.3 Å². The predicted molar refractivity (Wildman–Crippen MR) is 60.0 cm³/mol. The molecule has 8 heteroatoms. The normalized spacial score (nSPS) is 13.2. The van der Waals surface area contributed by atoms with Crippen molar-refractivity contribution in [2.75, 3.05) is 13.2 Å². The van der Waals surface area contributed by atoms with Crippen molar-refractivity contribution in [3.63, 3.8) is 0 Å². The Morgan fingerprint density at radius 1 is 1.44 bits per heavy atom. The number of nitrogens with two attached hydrogens (primary N) is 1. The molecule has 0 spiro atoms. The van der Waals surface area contributed by atoms with Crippen LogP contribution in [-0.2, 0) is 14.9 Å². The summed E-state index contributed by atoms with van der Waals surface area (Å²) in [4.78, 5) is 10.9. The Kier molecular flexibility index (Phi) is 7.02. The van der Waals surface area contributed by atoms with E-state index in [1.807, 2.05) is 6.92 Å². The van der Waals surface area contributed by atoms with Gasteiger partial charge in [-0.05, 0) is 26.3 Å². The van der Waals surface area contributed by atoms with Gasteiger partial charge in [0.15, 0.2) is 0 Å². The standard InChI is InChI=1S/C8H19N3O4S/c1-3-7(5-6-9)10-16(13,14)11-8(12)15-4-2/h7,10H,3-6,9H2,1-2H3,(H,11,12). The number of nitrogens with one attached hydrogen (secondary N) is 2.